The predicted molar refractivity (Wildman–Crippen MR) is 126 cm³/mol. The smallest absolute Gasteiger partial charge is 0.300 e. The van der Waals surface area contributed by atoms with Crippen LogP contribution in [0, 0.1) is 0 Å². The van der Waals surface area contributed by atoms with Crippen LogP contribution in [0.2, 0.25) is 0 Å². The summed E-state index contributed by atoms with van der Waals surface area (Å²) in [4.78, 5) is 27.8. The lowest BCUT2D eigenvalue weighted by Gasteiger charge is -2.26. The number of benzene rings is 3. The van der Waals surface area contributed by atoms with Crippen LogP contribution in [0.4, 0.5) is 5.69 Å². The van der Waals surface area contributed by atoms with Crippen molar-refractivity contribution in [2.24, 2.45) is 0 Å². The Balaban J connectivity index is 1.91. The van der Waals surface area contributed by atoms with Gasteiger partial charge in [-0.1, -0.05) is 50.2 Å². The topological polar surface area (TPSA) is 87.1 Å². The van der Waals surface area contributed by atoms with Gasteiger partial charge in [-0.05, 0) is 53.4 Å². The molecule has 0 aromatic heterocycles. The first-order valence-electron chi connectivity index (χ1n) is 10.7. The van der Waals surface area contributed by atoms with E-state index in [1.165, 1.54) is 24.1 Å². The zero-order valence-electron chi connectivity index (χ0n) is 18.6. The SMILES string of the molecule is COc1cccc(/C(O)=C2/C(=O)C(=O)N(c3ccc(C(C)C)cc3)C2c2ccc(O)cc2)c1. The van der Waals surface area contributed by atoms with E-state index in [-0.39, 0.29) is 17.1 Å². The highest BCUT2D eigenvalue weighted by atomic mass is 16.5. The Kier molecular flexibility index (Phi) is 5.92. The minimum absolute atomic E-state index is 0.0214. The maximum Gasteiger partial charge on any atom is 0.300 e. The number of aliphatic hydroxyl groups is 1. The molecule has 2 N–H and O–H groups in total. The maximum absolute atomic E-state index is 13.2. The fourth-order valence-electron chi connectivity index (χ4n) is 4.02. The van der Waals surface area contributed by atoms with Crippen LogP contribution >= 0.6 is 0 Å². The molecular weight excluding hydrogens is 418 g/mol. The third-order valence-corrected chi connectivity index (χ3v) is 5.83. The number of amides is 1. The summed E-state index contributed by atoms with van der Waals surface area (Å²) in [6.07, 6.45) is 0. The van der Waals surface area contributed by atoms with Gasteiger partial charge in [0.15, 0.2) is 0 Å². The number of carbonyl (C=O) groups is 2. The molecule has 1 aliphatic rings. The van der Waals surface area contributed by atoms with Gasteiger partial charge in [0.05, 0.1) is 18.7 Å². The standard InChI is InChI=1S/C27H25NO5/c1-16(2)17-7-11-20(12-8-17)28-24(18-9-13-21(29)14-10-18)23(26(31)27(28)32)25(30)19-5-4-6-22(15-19)33-3/h4-16,24,29-30H,1-3H3/b25-23-. The second-order valence-corrected chi connectivity index (χ2v) is 8.24. The predicted octanol–water partition coefficient (Wildman–Crippen LogP) is 5.15. The number of nitrogens with zero attached hydrogens (tertiary/aromatic N) is 1. The Morgan fingerprint density at radius 1 is 0.970 bits per heavy atom. The minimum atomic E-state index is -0.860. The van der Waals surface area contributed by atoms with Gasteiger partial charge in [-0.2, -0.15) is 0 Å². The molecule has 1 saturated heterocycles. The first-order valence-corrected chi connectivity index (χ1v) is 10.7. The summed E-state index contributed by atoms with van der Waals surface area (Å²) in [7, 11) is 1.51. The Morgan fingerprint density at radius 2 is 1.64 bits per heavy atom. The number of aromatic hydroxyl groups is 1. The van der Waals surface area contributed by atoms with Gasteiger partial charge in [0.1, 0.15) is 17.3 Å². The van der Waals surface area contributed by atoms with Crippen molar-refractivity contribution in [3.8, 4) is 11.5 Å². The van der Waals surface area contributed by atoms with Gasteiger partial charge in [0.25, 0.3) is 11.7 Å². The van der Waals surface area contributed by atoms with Crippen LogP contribution < -0.4 is 9.64 Å². The molecule has 1 aliphatic heterocycles. The van der Waals surface area contributed by atoms with Crippen molar-refractivity contribution >= 4 is 23.1 Å². The van der Waals surface area contributed by atoms with Crippen molar-refractivity contribution in [3.05, 3.63) is 95.1 Å². The fourth-order valence-corrected chi connectivity index (χ4v) is 4.02. The van der Waals surface area contributed by atoms with Crippen molar-refractivity contribution in [3.63, 3.8) is 0 Å². The quantitative estimate of drug-likeness (QED) is 0.324. The van der Waals surface area contributed by atoms with Crippen LogP contribution in [0.1, 0.15) is 42.5 Å². The molecule has 0 spiro atoms. The molecule has 168 valence electrons. The molecule has 1 amide bonds. The van der Waals surface area contributed by atoms with Gasteiger partial charge >= 0.3 is 0 Å². The second-order valence-electron chi connectivity index (χ2n) is 8.24. The fraction of sp³-hybridized carbons (Fsp3) is 0.185. The van der Waals surface area contributed by atoms with Gasteiger partial charge in [-0.3, -0.25) is 14.5 Å². The number of ether oxygens (including phenoxy) is 1. The third-order valence-electron chi connectivity index (χ3n) is 5.83. The summed E-state index contributed by atoms with van der Waals surface area (Å²) < 4.78 is 5.24. The summed E-state index contributed by atoms with van der Waals surface area (Å²) >= 11 is 0. The molecular formula is C27H25NO5. The molecule has 1 unspecified atom stereocenters. The van der Waals surface area contributed by atoms with Gasteiger partial charge in [-0.15, -0.1) is 0 Å². The molecule has 3 aromatic rings. The number of methoxy groups -OCH3 is 1. The average molecular weight is 443 g/mol. The van der Waals surface area contributed by atoms with E-state index in [2.05, 4.69) is 13.8 Å². The number of carbonyl (C=O) groups excluding carboxylic acids is 2. The zero-order chi connectivity index (χ0) is 23.7. The van der Waals surface area contributed by atoms with E-state index in [0.717, 1.165) is 5.56 Å². The molecule has 0 bridgehead atoms. The maximum atomic E-state index is 13.2. The summed E-state index contributed by atoms with van der Waals surface area (Å²) in [5.74, 6) is -0.901. The molecule has 6 nitrogen and oxygen atoms in total. The monoisotopic (exact) mass is 443 g/mol. The summed E-state index contributed by atoms with van der Waals surface area (Å²) in [5, 5.41) is 20.9. The molecule has 4 rings (SSSR count). The van der Waals surface area contributed by atoms with Crippen molar-refractivity contribution in [1.29, 1.82) is 0 Å². The lowest BCUT2D eigenvalue weighted by Crippen LogP contribution is -2.29. The highest BCUT2D eigenvalue weighted by Crippen LogP contribution is 2.42. The first-order chi connectivity index (χ1) is 15.8. The number of aliphatic hydroxyl groups excluding tert-OH is 1. The van der Waals surface area contributed by atoms with E-state index >= 15 is 0 Å². The molecule has 6 heteroatoms. The molecule has 0 saturated carbocycles. The first kappa shape index (κ1) is 22.1. The molecule has 33 heavy (non-hydrogen) atoms. The van der Waals surface area contributed by atoms with E-state index in [1.807, 2.05) is 12.1 Å². The van der Waals surface area contributed by atoms with Crippen LogP contribution in [0.15, 0.2) is 78.4 Å². The number of anilines is 1. The van der Waals surface area contributed by atoms with Crippen LogP contribution in [0.5, 0.6) is 11.5 Å². The number of hydrogen-bond acceptors (Lipinski definition) is 5. The molecule has 0 aliphatic carbocycles. The number of Topliss-reactive ketones (excluding diaryl/α,β-unsaturated/α-hetero) is 1. The lowest BCUT2D eigenvalue weighted by atomic mass is 9.95. The molecule has 0 radical (unpaired) electrons. The Hall–Kier alpha value is -4.06. The number of rotatable bonds is 5. The number of hydrogen-bond donors (Lipinski definition) is 2. The molecule has 1 heterocycles. The summed E-state index contributed by atoms with van der Waals surface area (Å²) in [6, 6.07) is 19.5. The second kappa shape index (κ2) is 8.82. The van der Waals surface area contributed by atoms with E-state index in [1.54, 1.807) is 48.5 Å². The molecule has 1 atom stereocenters. The van der Waals surface area contributed by atoms with E-state index in [0.29, 0.717) is 28.5 Å². The van der Waals surface area contributed by atoms with Crippen LogP contribution in [-0.2, 0) is 9.59 Å². The Morgan fingerprint density at radius 3 is 2.24 bits per heavy atom. The van der Waals surface area contributed by atoms with Crippen molar-refractivity contribution in [1.82, 2.24) is 0 Å². The largest absolute Gasteiger partial charge is 0.508 e. The molecule has 1 fully saturated rings. The van der Waals surface area contributed by atoms with Crippen LogP contribution in [0.3, 0.4) is 0 Å². The van der Waals surface area contributed by atoms with E-state index < -0.39 is 17.7 Å². The summed E-state index contributed by atoms with van der Waals surface area (Å²) in [5.41, 5.74) is 2.58. The number of ketones is 1. The minimum Gasteiger partial charge on any atom is -0.508 e. The molecule has 3 aromatic carbocycles. The van der Waals surface area contributed by atoms with Gasteiger partial charge in [-0.25, -0.2) is 0 Å². The van der Waals surface area contributed by atoms with Crippen molar-refractivity contribution in [2.75, 3.05) is 12.0 Å². The van der Waals surface area contributed by atoms with Crippen molar-refractivity contribution < 1.29 is 24.5 Å². The van der Waals surface area contributed by atoms with E-state index in [9.17, 15) is 19.8 Å². The number of phenols is 1. The Bertz CT molecular complexity index is 1230. The van der Waals surface area contributed by atoms with Gasteiger partial charge < -0.3 is 14.9 Å². The summed E-state index contributed by atoms with van der Waals surface area (Å²) in [6.45, 7) is 4.15. The van der Waals surface area contributed by atoms with E-state index in [4.69, 9.17) is 4.74 Å². The average Bonchev–Trinajstić information content (AvgIpc) is 3.09. The Labute approximate surface area is 192 Å². The number of phenolic OH excluding ortho intramolecular Hbond substituents is 1. The normalized spacial score (nSPS) is 17.6. The van der Waals surface area contributed by atoms with Gasteiger partial charge in [0, 0.05) is 11.3 Å². The highest BCUT2D eigenvalue weighted by molar-refractivity contribution is 6.51. The highest BCUT2D eigenvalue weighted by Gasteiger charge is 2.47. The van der Waals surface area contributed by atoms with Crippen LogP contribution in [0.25, 0.3) is 5.76 Å². The van der Waals surface area contributed by atoms with Gasteiger partial charge in [0.2, 0.25) is 0 Å². The lowest BCUT2D eigenvalue weighted by molar-refractivity contribution is -0.132. The third kappa shape index (κ3) is 4.07. The van der Waals surface area contributed by atoms with Crippen molar-refractivity contribution in [2.45, 2.75) is 25.8 Å². The van der Waals surface area contributed by atoms with Crippen LogP contribution in [-0.4, -0.2) is 29.0 Å². The zero-order valence-corrected chi connectivity index (χ0v) is 18.6.